The van der Waals surface area contributed by atoms with Crippen LogP contribution in [0.2, 0.25) is 0 Å². The molecule has 0 aliphatic carbocycles. The number of Topliss-reactive ketones (excluding diaryl/α,β-unsaturated/α-hetero) is 1. The highest BCUT2D eigenvalue weighted by atomic mass is 32.1. The summed E-state index contributed by atoms with van der Waals surface area (Å²) < 4.78 is 5.78. The predicted octanol–water partition coefficient (Wildman–Crippen LogP) is 4.21. The predicted molar refractivity (Wildman–Crippen MR) is 145 cm³/mol. The Morgan fingerprint density at radius 3 is 2.61 bits per heavy atom. The lowest BCUT2D eigenvalue weighted by molar-refractivity contribution is -0.147. The molecule has 0 radical (unpaired) electrons. The number of aliphatic carboxylic acids is 1. The Bertz CT molecular complexity index is 1070. The van der Waals surface area contributed by atoms with Gasteiger partial charge in [0, 0.05) is 16.2 Å². The van der Waals surface area contributed by atoms with Crippen LogP contribution >= 0.6 is 11.3 Å². The van der Waals surface area contributed by atoms with Crippen LogP contribution in [0.15, 0.2) is 16.1 Å². The summed E-state index contributed by atoms with van der Waals surface area (Å²) in [7, 11) is 0. The van der Waals surface area contributed by atoms with Gasteiger partial charge < -0.3 is 25.8 Å². The summed E-state index contributed by atoms with van der Waals surface area (Å²) in [6.45, 7) is 10.3. The fourth-order valence-corrected chi connectivity index (χ4v) is 5.32. The number of hydrogen-bond donors (Lipinski definition) is 4. The maximum absolute atomic E-state index is 13.0. The van der Waals surface area contributed by atoms with Crippen molar-refractivity contribution in [1.82, 2.24) is 4.98 Å². The average molecular weight is 552 g/mol. The highest BCUT2D eigenvalue weighted by Gasteiger charge is 2.53. The standard InChI is InChI=1S/C26H41N5O6S/c1-14(23(35)16(3)24(36)25(5,6)20(32)12-22(33)34)8-7-9-26(27)21(37-26)11-19(30-31-28)15(2)10-18-13-38-17(4)29-18/h10,13-14,16,19-21,23,32,35H,7-9,11-12,27H2,1-6H3,(H,33,34)/b15-10+/t14-,16+,19-,20-,21-,23-,26+/m0/s1. The molecule has 2 heterocycles. The van der Waals surface area contributed by atoms with Gasteiger partial charge >= 0.3 is 5.97 Å². The van der Waals surface area contributed by atoms with Crippen LogP contribution in [0.3, 0.4) is 0 Å². The van der Waals surface area contributed by atoms with Crippen molar-refractivity contribution in [1.29, 1.82) is 0 Å². The molecule has 212 valence electrons. The lowest BCUT2D eigenvalue weighted by Gasteiger charge is -2.34. The SMILES string of the molecule is C/C(=C\c1csc(C)n1)[C@H](C[C@@H]1O[C@]1(N)CCC[C@H](C)[C@H](O)[C@@H](C)C(=O)C(C)(C)[C@@H](O)CC(=O)O)N=[N+]=[N-]. The van der Waals surface area contributed by atoms with E-state index in [0.29, 0.717) is 25.7 Å². The first-order valence-corrected chi connectivity index (χ1v) is 13.7. The number of nitrogens with two attached hydrogens (primary N) is 1. The van der Waals surface area contributed by atoms with Crippen molar-refractivity contribution in [3.8, 4) is 0 Å². The summed E-state index contributed by atoms with van der Waals surface area (Å²) in [5.41, 5.74) is 15.0. The maximum Gasteiger partial charge on any atom is 0.306 e. The van der Waals surface area contributed by atoms with Crippen molar-refractivity contribution in [3.63, 3.8) is 0 Å². The number of carboxylic acid groups (broad SMARTS) is 1. The number of aliphatic hydroxyl groups excluding tert-OH is 2. The van der Waals surface area contributed by atoms with E-state index < -0.39 is 47.7 Å². The van der Waals surface area contributed by atoms with Gasteiger partial charge in [0.15, 0.2) is 0 Å². The number of carbonyl (C=O) groups excluding carboxylic acids is 1. The van der Waals surface area contributed by atoms with Gasteiger partial charge in [-0.2, -0.15) is 0 Å². The molecule has 0 unspecified atom stereocenters. The van der Waals surface area contributed by atoms with Gasteiger partial charge in [0.1, 0.15) is 17.6 Å². The van der Waals surface area contributed by atoms with Gasteiger partial charge in [0.2, 0.25) is 0 Å². The van der Waals surface area contributed by atoms with Crippen molar-refractivity contribution < 1.29 is 29.6 Å². The van der Waals surface area contributed by atoms with Crippen LogP contribution < -0.4 is 5.73 Å². The first-order chi connectivity index (χ1) is 17.6. The highest BCUT2D eigenvalue weighted by Crippen LogP contribution is 2.41. The fourth-order valence-electron chi connectivity index (χ4n) is 4.75. The number of aliphatic hydroxyl groups is 2. The summed E-state index contributed by atoms with van der Waals surface area (Å²) in [5, 5.41) is 36.8. The van der Waals surface area contributed by atoms with Crippen LogP contribution in [0.25, 0.3) is 16.5 Å². The van der Waals surface area contributed by atoms with Crippen molar-refractivity contribution in [2.45, 2.75) is 104 Å². The van der Waals surface area contributed by atoms with Gasteiger partial charge in [0.05, 0.1) is 40.8 Å². The minimum Gasteiger partial charge on any atom is -0.481 e. The molecule has 2 rings (SSSR count). The molecular weight excluding hydrogens is 510 g/mol. The number of epoxide rings is 1. The molecule has 5 N–H and O–H groups in total. The lowest BCUT2D eigenvalue weighted by atomic mass is 9.73. The third-order valence-corrected chi connectivity index (χ3v) is 8.38. The smallest absolute Gasteiger partial charge is 0.306 e. The van der Waals surface area contributed by atoms with E-state index in [9.17, 15) is 19.8 Å². The highest BCUT2D eigenvalue weighted by molar-refractivity contribution is 7.09. The fraction of sp³-hybridized carbons (Fsp3) is 0.731. The zero-order chi connectivity index (χ0) is 28.8. The number of carboxylic acids is 1. The minimum atomic E-state index is -1.35. The van der Waals surface area contributed by atoms with E-state index >= 15 is 0 Å². The number of rotatable bonds is 16. The molecule has 12 heteroatoms. The Hall–Kier alpha value is -2.34. The van der Waals surface area contributed by atoms with Gasteiger partial charge in [-0.05, 0) is 57.1 Å². The molecule has 0 spiro atoms. The number of aryl methyl sites for hydroxylation is 1. The zero-order valence-electron chi connectivity index (χ0n) is 23.0. The van der Waals surface area contributed by atoms with E-state index in [1.54, 1.807) is 18.3 Å². The van der Waals surface area contributed by atoms with Gasteiger partial charge in [-0.25, -0.2) is 4.98 Å². The Morgan fingerprint density at radius 2 is 2.05 bits per heavy atom. The second kappa shape index (κ2) is 13.1. The molecule has 0 bridgehead atoms. The number of azide groups is 1. The third-order valence-electron chi connectivity index (χ3n) is 7.59. The number of hydrogen-bond acceptors (Lipinski definition) is 9. The maximum atomic E-state index is 13.0. The van der Waals surface area contributed by atoms with Crippen molar-refractivity contribution in [3.05, 3.63) is 32.1 Å². The van der Waals surface area contributed by atoms with E-state index in [1.165, 1.54) is 13.8 Å². The average Bonchev–Trinajstić information content (AvgIpc) is 3.28. The summed E-state index contributed by atoms with van der Waals surface area (Å²) >= 11 is 1.55. The van der Waals surface area contributed by atoms with Crippen molar-refractivity contribution in [2.24, 2.45) is 28.1 Å². The molecule has 1 aromatic heterocycles. The second-order valence-corrected chi connectivity index (χ2v) is 12.1. The molecular formula is C26H41N5O6S. The number of nitrogens with zero attached hydrogens (tertiary/aromatic N) is 4. The van der Waals surface area contributed by atoms with E-state index in [2.05, 4.69) is 15.0 Å². The summed E-state index contributed by atoms with van der Waals surface area (Å²) in [4.78, 5) is 31.3. The molecule has 38 heavy (non-hydrogen) atoms. The third kappa shape index (κ3) is 8.33. The van der Waals surface area contributed by atoms with E-state index in [4.69, 9.17) is 21.1 Å². The number of carbonyl (C=O) groups is 2. The molecule has 1 aromatic rings. The number of ether oxygens (including phenoxy) is 1. The van der Waals surface area contributed by atoms with E-state index in [-0.39, 0.29) is 17.8 Å². The Balaban J connectivity index is 1.88. The van der Waals surface area contributed by atoms with Crippen LogP contribution in [0.1, 0.15) is 77.4 Å². The van der Waals surface area contributed by atoms with Gasteiger partial charge in [0.25, 0.3) is 0 Å². The van der Waals surface area contributed by atoms with Crippen LogP contribution in [0, 0.1) is 24.2 Å². The first-order valence-electron chi connectivity index (χ1n) is 12.9. The molecule has 0 amide bonds. The molecule has 7 atom stereocenters. The molecule has 0 saturated carbocycles. The normalized spacial score (nSPS) is 23.6. The molecule has 1 saturated heterocycles. The summed E-state index contributed by atoms with van der Waals surface area (Å²) in [6.07, 6.45) is 1.01. The molecule has 1 aliphatic rings. The van der Waals surface area contributed by atoms with Crippen LogP contribution in [-0.4, -0.2) is 62.1 Å². The molecule has 1 fully saturated rings. The summed E-state index contributed by atoms with van der Waals surface area (Å²) in [6, 6.07) is -0.412. The Morgan fingerprint density at radius 1 is 1.39 bits per heavy atom. The van der Waals surface area contributed by atoms with Crippen LogP contribution in [0.5, 0.6) is 0 Å². The number of thiazole rings is 1. The van der Waals surface area contributed by atoms with Crippen LogP contribution in [0.4, 0.5) is 0 Å². The van der Waals surface area contributed by atoms with Crippen molar-refractivity contribution >= 4 is 29.2 Å². The number of ketones is 1. The van der Waals surface area contributed by atoms with Gasteiger partial charge in [-0.1, -0.05) is 38.4 Å². The quantitative estimate of drug-likeness (QED) is 0.101. The van der Waals surface area contributed by atoms with E-state index in [0.717, 1.165) is 16.3 Å². The lowest BCUT2D eigenvalue weighted by Crippen LogP contribution is -2.45. The largest absolute Gasteiger partial charge is 0.481 e. The van der Waals surface area contributed by atoms with Crippen molar-refractivity contribution in [2.75, 3.05) is 0 Å². The minimum absolute atomic E-state index is 0.232. The summed E-state index contributed by atoms with van der Waals surface area (Å²) in [5.74, 6) is -2.58. The molecule has 0 aromatic carbocycles. The van der Waals surface area contributed by atoms with Crippen LogP contribution in [-0.2, 0) is 14.3 Å². The zero-order valence-corrected chi connectivity index (χ0v) is 23.8. The Kier molecular flexibility index (Phi) is 11.0. The molecule has 11 nitrogen and oxygen atoms in total. The molecule has 1 aliphatic heterocycles. The second-order valence-electron chi connectivity index (χ2n) is 11.0. The van der Waals surface area contributed by atoms with Gasteiger partial charge in [-0.15, -0.1) is 11.3 Å². The topological polar surface area (TPSA) is 195 Å². The first kappa shape index (κ1) is 31.9. The Labute approximate surface area is 227 Å². The number of aromatic nitrogens is 1. The monoisotopic (exact) mass is 551 g/mol. The van der Waals surface area contributed by atoms with E-state index in [1.807, 2.05) is 32.2 Å². The van der Waals surface area contributed by atoms with Gasteiger partial charge in [-0.3, -0.25) is 9.59 Å².